The lowest BCUT2D eigenvalue weighted by Crippen LogP contribution is -2.44. The third-order valence-electron chi connectivity index (χ3n) is 5.57. The Kier molecular flexibility index (Phi) is 5.30. The largest absolute Gasteiger partial charge is 0.342 e. The Morgan fingerprint density at radius 2 is 1.80 bits per heavy atom. The first-order valence-corrected chi connectivity index (χ1v) is 10.6. The Balaban J connectivity index is 1.35. The summed E-state index contributed by atoms with van der Waals surface area (Å²) in [6, 6.07) is 8.35. The van der Waals surface area contributed by atoms with Gasteiger partial charge in [-0.2, -0.15) is 0 Å². The Bertz CT molecular complexity index is 745. The minimum absolute atomic E-state index is 0.229. The lowest BCUT2D eigenvalue weighted by molar-refractivity contribution is -0.138. The molecule has 0 N–H and O–H groups in total. The van der Waals surface area contributed by atoms with Gasteiger partial charge in [-0.25, -0.2) is 0 Å². The molecule has 25 heavy (non-hydrogen) atoms. The molecule has 0 spiro atoms. The molecule has 0 saturated carbocycles. The van der Waals surface area contributed by atoms with Crippen LogP contribution in [0.1, 0.15) is 37.0 Å². The van der Waals surface area contributed by atoms with E-state index in [1.165, 1.54) is 34.2 Å². The summed E-state index contributed by atoms with van der Waals surface area (Å²) < 4.78 is 1.26. The zero-order chi connectivity index (χ0) is 17.2. The molecule has 0 aliphatic carbocycles. The molecule has 2 aromatic rings. The van der Waals surface area contributed by atoms with E-state index in [4.69, 9.17) is 11.6 Å². The van der Waals surface area contributed by atoms with Crippen LogP contribution in [0.4, 0.5) is 0 Å². The van der Waals surface area contributed by atoms with Gasteiger partial charge in [-0.05, 0) is 51.3 Å². The molecule has 2 aliphatic rings. The van der Waals surface area contributed by atoms with E-state index in [9.17, 15) is 4.79 Å². The first kappa shape index (κ1) is 17.3. The van der Waals surface area contributed by atoms with Gasteiger partial charge >= 0.3 is 0 Å². The molecule has 1 amide bonds. The van der Waals surface area contributed by atoms with Gasteiger partial charge in [0.05, 0.1) is 5.02 Å². The van der Waals surface area contributed by atoms with Crippen molar-refractivity contribution in [3.63, 3.8) is 0 Å². The molecule has 4 rings (SSSR count). The van der Waals surface area contributed by atoms with Crippen LogP contribution in [-0.2, 0) is 11.3 Å². The second-order valence-electron chi connectivity index (χ2n) is 7.27. The van der Waals surface area contributed by atoms with Gasteiger partial charge in [0.25, 0.3) is 0 Å². The predicted molar refractivity (Wildman–Crippen MR) is 105 cm³/mol. The molecule has 3 nitrogen and oxygen atoms in total. The van der Waals surface area contributed by atoms with E-state index >= 15 is 0 Å². The predicted octanol–water partition coefficient (Wildman–Crippen LogP) is 4.78. The van der Waals surface area contributed by atoms with Gasteiger partial charge in [0, 0.05) is 40.5 Å². The van der Waals surface area contributed by atoms with Crippen LogP contribution in [0.5, 0.6) is 0 Å². The summed E-state index contributed by atoms with van der Waals surface area (Å²) in [6.45, 7) is 4.83. The zero-order valence-corrected chi connectivity index (χ0v) is 16.1. The normalized spacial score (nSPS) is 20.3. The van der Waals surface area contributed by atoms with E-state index in [0.29, 0.717) is 5.91 Å². The second-order valence-corrected chi connectivity index (χ2v) is 8.79. The fraction of sp³-hybridized carbons (Fsp3) is 0.550. The second kappa shape index (κ2) is 7.65. The third kappa shape index (κ3) is 3.71. The maximum absolute atomic E-state index is 12.7. The number of hydrogen-bond acceptors (Lipinski definition) is 3. The maximum atomic E-state index is 12.7. The molecule has 0 radical (unpaired) electrons. The number of fused-ring (bicyclic) bond motifs is 1. The van der Waals surface area contributed by atoms with Gasteiger partial charge in [-0.15, -0.1) is 11.3 Å². The van der Waals surface area contributed by atoms with Crippen molar-refractivity contribution in [3.05, 3.63) is 34.2 Å². The number of benzene rings is 1. The molecule has 2 fully saturated rings. The molecule has 0 bridgehead atoms. The number of hydrogen-bond donors (Lipinski definition) is 0. The molecule has 2 aliphatic heterocycles. The van der Waals surface area contributed by atoms with E-state index < -0.39 is 0 Å². The molecule has 5 heteroatoms. The average molecular weight is 377 g/mol. The van der Waals surface area contributed by atoms with Gasteiger partial charge in [0.15, 0.2) is 0 Å². The monoisotopic (exact) mass is 376 g/mol. The fourth-order valence-corrected chi connectivity index (χ4v) is 5.62. The van der Waals surface area contributed by atoms with Gasteiger partial charge in [-0.3, -0.25) is 9.69 Å². The van der Waals surface area contributed by atoms with Crippen molar-refractivity contribution >= 4 is 38.9 Å². The van der Waals surface area contributed by atoms with Crippen LogP contribution in [-0.4, -0.2) is 41.9 Å². The number of piperidine rings is 2. The summed E-state index contributed by atoms with van der Waals surface area (Å²) in [5.74, 6) is 0.631. The summed E-state index contributed by atoms with van der Waals surface area (Å²) in [7, 11) is 0. The minimum Gasteiger partial charge on any atom is -0.342 e. The van der Waals surface area contributed by atoms with Crippen LogP contribution in [0.25, 0.3) is 10.1 Å². The van der Waals surface area contributed by atoms with Crippen molar-refractivity contribution in [2.75, 3.05) is 26.2 Å². The Morgan fingerprint density at radius 3 is 2.52 bits per heavy atom. The zero-order valence-electron chi connectivity index (χ0n) is 14.5. The summed E-state index contributed by atoms with van der Waals surface area (Å²) >= 11 is 8.38. The van der Waals surface area contributed by atoms with Crippen molar-refractivity contribution in [2.45, 2.75) is 38.6 Å². The highest BCUT2D eigenvalue weighted by Crippen LogP contribution is 2.36. The van der Waals surface area contributed by atoms with Crippen LogP contribution in [0.2, 0.25) is 5.02 Å². The highest BCUT2D eigenvalue weighted by molar-refractivity contribution is 7.19. The van der Waals surface area contributed by atoms with Crippen molar-refractivity contribution in [1.29, 1.82) is 0 Å². The highest BCUT2D eigenvalue weighted by Gasteiger charge is 2.29. The van der Waals surface area contributed by atoms with Crippen molar-refractivity contribution < 1.29 is 4.79 Å². The SMILES string of the molecule is O=C(C1CCN(Cc2sc3ccccc3c2Cl)CC1)N1CCCCC1. The number of likely N-dealkylation sites (tertiary alicyclic amines) is 2. The Labute approximate surface area is 158 Å². The van der Waals surface area contributed by atoms with Crippen molar-refractivity contribution in [2.24, 2.45) is 5.92 Å². The molecular weight excluding hydrogens is 352 g/mol. The molecule has 0 unspecified atom stereocenters. The smallest absolute Gasteiger partial charge is 0.225 e. The van der Waals surface area contributed by atoms with E-state index in [0.717, 1.165) is 50.6 Å². The lowest BCUT2D eigenvalue weighted by Gasteiger charge is -2.35. The van der Waals surface area contributed by atoms with Gasteiger partial charge < -0.3 is 4.90 Å². The van der Waals surface area contributed by atoms with Gasteiger partial charge in [-0.1, -0.05) is 29.8 Å². The van der Waals surface area contributed by atoms with Crippen molar-refractivity contribution in [1.82, 2.24) is 9.80 Å². The standard InChI is InChI=1S/C20H25ClN2OS/c21-19-16-6-2-3-7-17(16)25-18(19)14-22-12-8-15(9-13-22)20(24)23-10-4-1-5-11-23/h2-3,6-7,15H,1,4-5,8-14H2. The van der Waals surface area contributed by atoms with E-state index in [-0.39, 0.29) is 5.92 Å². The van der Waals surface area contributed by atoms with E-state index in [1.54, 1.807) is 11.3 Å². The summed E-state index contributed by atoms with van der Waals surface area (Å²) in [5.41, 5.74) is 0. The first-order chi connectivity index (χ1) is 12.2. The number of halogens is 1. The topological polar surface area (TPSA) is 23.6 Å². The number of nitrogens with zero attached hydrogens (tertiary/aromatic N) is 2. The molecular formula is C20H25ClN2OS. The van der Waals surface area contributed by atoms with Gasteiger partial charge in [0.1, 0.15) is 0 Å². The minimum atomic E-state index is 0.229. The number of carbonyl (C=O) groups is 1. The average Bonchev–Trinajstić information content (AvgIpc) is 2.98. The number of rotatable bonds is 3. The van der Waals surface area contributed by atoms with Gasteiger partial charge in [0.2, 0.25) is 5.91 Å². The highest BCUT2D eigenvalue weighted by atomic mass is 35.5. The molecule has 0 atom stereocenters. The summed E-state index contributed by atoms with van der Waals surface area (Å²) in [5, 5.41) is 2.08. The maximum Gasteiger partial charge on any atom is 0.225 e. The number of amides is 1. The molecule has 1 aromatic heterocycles. The Hall–Kier alpha value is -1.10. The van der Waals surface area contributed by atoms with Crippen LogP contribution in [0.15, 0.2) is 24.3 Å². The first-order valence-electron chi connectivity index (χ1n) is 9.39. The van der Waals surface area contributed by atoms with E-state index in [2.05, 4.69) is 28.0 Å². The van der Waals surface area contributed by atoms with Crippen LogP contribution in [0.3, 0.4) is 0 Å². The third-order valence-corrected chi connectivity index (χ3v) is 7.27. The molecule has 1 aromatic carbocycles. The molecule has 3 heterocycles. The van der Waals surface area contributed by atoms with Crippen LogP contribution < -0.4 is 0 Å². The number of carbonyl (C=O) groups excluding carboxylic acids is 1. The quantitative estimate of drug-likeness (QED) is 0.769. The summed E-state index contributed by atoms with van der Waals surface area (Å²) in [6.07, 6.45) is 5.60. The van der Waals surface area contributed by atoms with Crippen LogP contribution in [0, 0.1) is 5.92 Å². The molecule has 2 saturated heterocycles. The van der Waals surface area contributed by atoms with Crippen molar-refractivity contribution in [3.8, 4) is 0 Å². The fourth-order valence-electron chi connectivity index (χ4n) is 4.08. The van der Waals surface area contributed by atoms with Crippen LogP contribution >= 0.6 is 22.9 Å². The number of thiophene rings is 1. The summed E-state index contributed by atoms with van der Waals surface area (Å²) in [4.78, 5) is 18.5. The molecule has 134 valence electrons. The lowest BCUT2D eigenvalue weighted by atomic mass is 9.94. The van der Waals surface area contributed by atoms with E-state index in [1.807, 2.05) is 6.07 Å². The Morgan fingerprint density at radius 1 is 1.08 bits per heavy atom.